The molecule has 0 aliphatic carbocycles. The third kappa shape index (κ3) is 5.10. The van der Waals surface area contributed by atoms with E-state index in [0.29, 0.717) is 18.9 Å². The molecule has 2 aromatic rings. The molecule has 2 N–H and O–H groups in total. The van der Waals surface area contributed by atoms with Crippen LogP contribution in [-0.2, 0) is 4.79 Å². The average molecular weight is 422 g/mol. The van der Waals surface area contributed by atoms with Gasteiger partial charge < -0.3 is 25.2 Å². The molecule has 2 heterocycles. The summed E-state index contributed by atoms with van der Waals surface area (Å²) in [6.07, 6.45) is 1.60. The first-order chi connectivity index (χ1) is 15.2. The number of guanidine groups is 1. The van der Waals surface area contributed by atoms with Crippen molar-refractivity contribution in [1.82, 2.24) is 10.6 Å². The maximum Gasteiger partial charge on any atom is 0.229 e. The zero-order chi connectivity index (χ0) is 21.6. The van der Waals surface area contributed by atoms with Crippen LogP contribution in [-0.4, -0.2) is 58.2 Å². The summed E-state index contributed by atoms with van der Waals surface area (Å²) >= 11 is 0. The summed E-state index contributed by atoms with van der Waals surface area (Å²) in [5.74, 6) is 2.33. The van der Waals surface area contributed by atoms with Crippen LogP contribution in [0.25, 0.3) is 0 Å². The van der Waals surface area contributed by atoms with Gasteiger partial charge in [0.1, 0.15) is 5.75 Å². The van der Waals surface area contributed by atoms with Crippen molar-refractivity contribution in [2.24, 2.45) is 10.9 Å². The van der Waals surface area contributed by atoms with Crippen LogP contribution in [0.5, 0.6) is 5.75 Å². The molecule has 2 aliphatic heterocycles. The summed E-state index contributed by atoms with van der Waals surface area (Å²) in [5, 5.41) is 6.88. The molecule has 2 aliphatic rings. The molecule has 0 aromatic heterocycles. The number of hydrogen-bond donors (Lipinski definition) is 2. The minimum atomic E-state index is 0.0516. The quantitative estimate of drug-likeness (QED) is 0.554. The predicted octanol–water partition coefficient (Wildman–Crippen LogP) is 2.49. The topological polar surface area (TPSA) is 69.2 Å². The first-order valence-corrected chi connectivity index (χ1v) is 10.9. The first kappa shape index (κ1) is 21.0. The zero-order valence-electron chi connectivity index (χ0n) is 18.3. The van der Waals surface area contributed by atoms with Gasteiger partial charge in [-0.15, -0.1) is 0 Å². The van der Waals surface area contributed by atoms with Crippen LogP contribution in [0.15, 0.2) is 59.6 Å². The Hall–Kier alpha value is -3.22. The van der Waals surface area contributed by atoms with Crippen molar-refractivity contribution in [3.05, 3.63) is 54.6 Å². The smallest absolute Gasteiger partial charge is 0.229 e. The zero-order valence-corrected chi connectivity index (χ0v) is 18.3. The molecule has 7 nitrogen and oxygen atoms in total. The van der Waals surface area contributed by atoms with E-state index < -0.39 is 0 Å². The van der Waals surface area contributed by atoms with Gasteiger partial charge in [-0.25, -0.2) is 0 Å². The highest BCUT2D eigenvalue weighted by atomic mass is 16.5. The van der Waals surface area contributed by atoms with Crippen molar-refractivity contribution in [1.29, 1.82) is 0 Å². The third-order valence-corrected chi connectivity index (χ3v) is 6.02. The summed E-state index contributed by atoms with van der Waals surface area (Å²) in [6, 6.07) is 18.1. The Morgan fingerprint density at radius 3 is 2.71 bits per heavy atom. The van der Waals surface area contributed by atoms with Gasteiger partial charge in [-0.05, 0) is 36.6 Å². The number of hydrogen-bond acceptors (Lipinski definition) is 4. The number of anilines is 2. The Kier molecular flexibility index (Phi) is 6.60. The van der Waals surface area contributed by atoms with Crippen LogP contribution in [0.3, 0.4) is 0 Å². The minimum Gasteiger partial charge on any atom is -0.497 e. The molecule has 0 saturated carbocycles. The van der Waals surface area contributed by atoms with E-state index in [9.17, 15) is 4.79 Å². The summed E-state index contributed by atoms with van der Waals surface area (Å²) in [6.45, 7) is 3.54. The normalized spacial score (nSPS) is 21.5. The van der Waals surface area contributed by atoms with Crippen LogP contribution in [0, 0.1) is 5.92 Å². The number of nitrogens with one attached hydrogen (secondary N) is 2. The van der Waals surface area contributed by atoms with Crippen molar-refractivity contribution in [2.75, 3.05) is 50.1 Å². The van der Waals surface area contributed by atoms with E-state index in [1.54, 1.807) is 14.2 Å². The van der Waals surface area contributed by atoms with Gasteiger partial charge in [-0.1, -0.05) is 24.3 Å². The van der Waals surface area contributed by atoms with Crippen LogP contribution >= 0.6 is 0 Å². The molecule has 31 heavy (non-hydrogen) atoms. The number of methoxy groups -OCH3 is 1. The highest BCUT2D eigenvalue weighted by Gasteiger charge is 2.31. The number of benzene rings is 2. The molecule has 164 valence electrons. The lowest BCUT2D eigenvalue weighted by Crippen LogP contribution is -2.46. The predicted molar refractivity (Wildman–Crippen MR) is 125 cm³/mol. The molecule has 0 radical (unpaired) electrons. The van der Waals surface area contributed by atoms with Gasteiger partial charge in [0.25, 0.3) is 0 Å². The molecule has 1 amide bonds. The molecule has 2 unspecified atom stereocenters. The molecule has 0 bridgehead atoms. The van der Waals surface area contributed by atoms with Gasteiger partial charge in [0, 0.05) is 57.1 Å². The van der Waals surface area contributed by atoms with Gasteiger partial charge in [0.2, 0.25) is 5.91 Å². The molecule has 2 saturated heterocycles. The molecular weight excluding hydrogens is 390 g/mol. The maximum atomic E-state index is 12.4. The van der Waals surface area contributed by atoms with E-state index >= 15 is 0 Å². The summed E-state index contributed by atoms with van der Waals surface area (Å²) < 4.78 is 5.35. The van der Waals surface area contributed by atoms with Gasteiger partial charge >= 0.3 is 0 Å². The van der Waals surface area contributed by atoms with E-state index in [1.165, 1.54) is 5.69 Å². The van der Waals surface area contributed by atoms with Gasteiger partial charge in [-0.2, -0.15) is 0 Å². The van der Waals surface area contributed by atoms with Crippen molar-refractivity contribution < 1.29 is 9.53 Å². The van der Waals surface area contributed by atoms with Gasteiger partial charge in [0.05, 0.1) is 13.2 Å². The van der Waals surface area contributed by atoms with Crippen molar-refractivity contribution in [3.8, 4) is 5.75 Å². The van der Waals surface area contributed by atoms with Crippen molar-refractivity contribution >= 4 is 23.2 Å². The largest absolute Gasteiger partial charge is 0.497 e. The Morgan fingerprint density at radius 2 is 1.94 bits per heavy atom. The average Bonchev–Trinajstić information content (AvgIpc) is 3.43. The Bertz CT molecular complexity index is 917. The Labute approximate surface area is 184 Å². The minimum absolute atomic E-state index is 0.0516. The molecule has 0 spiro atoms. The monoisotopic (exact) mass is 421 g/mol. The maximum absolute atomic E-state index is 12.4. The fourth-order valence-electron chi connectivity index (χ4n) is 4.33. The van der Waals surface area contributed by atoms with Gasteiger partial charge in [0.15, 0.2) is 5.96 Å². The van der Waals surface area contributed by atoms with Gasteiger partial charge in [-0.3, -0.25) is 9.79 Å². The summed E-state index contributed by atoms with van der Waals surface area (Å²) in [7, 11) is 3.48. The molecule has 7 heteroatoms. The van der Waals surface area contributed by atoms with Crippen LogP contribution < -0.4 is 25.2 Å². The molecule has 4 rings (SSSR count). The molecular formula is C24H31N5O2. The molecule has 2 atom stereocenters. The summed E-state index contributed by atoms with van der Waals surface area (Å²) in [5.41, 5.74) is 2.15. The van der Waals surface area contributed by atoms with Crippen LogP contribution in [0.2, 0.25) is 0 Å². The standard InChI is InChI=1S/C24H31N5O2/c1-25-24(27-19-13-23(30)29(17-19)20-7-4-3-5-8-20)26-15-18-11-12-28(16-18)21-9-6-10-22(14-21)31-2/h3-10,14,18-19H,11-13,15-17H2,1-2H3,(H2,25,26,27). The van der Waals surface area contributed by atoms with Crippen LogP contribution in [0.1, 0.15) is 12.8 Å². The summed E-state index contributed by atoms with van der Waals surface area (Å²) in [4.78, 5) is 21.1. The lowest BCUT2D eigenvalue weighted by atomic mass is 10.1. The molecule has 2 aromatic carbocycles. The van der Waals surface area contributed by atoms with E-state index in [-0.39, 0.29) is 11.9 Å². The van der Waals surface area contributed by atoms with Crippen LogP contribution in [0.4, 0.5) is 11.4 Å². The van der Waals surface area contributed by atoms with E-state index in [2.05, 4.69) is 32.7 Å². The third-order valence-electron chi connectivity index (χ3n) is 6.02. The SMILES string of the molecule is CN=C(NCC1CCN(c2cccc(OC)c2)C1)NC1CC(=O)N(c2ccccc2)C1. The lowest BCUT2D eigenvalue weighted by Gasteiger charge is -2.21. The van der Waals surface area contributed by atoms with E-state index in [4.69, 9.17) is 4.74 Å². The number of rotatable bonds is 6. The first-order valence-electron chi connectivity index (χ1n) is 10.9. The van der Waals surface area contributed by atoms with E-state index in [0.717, 1.165) is 43.5 Å². The van der Waals surface area contributed by atoms with Crippen molar-refractivity contribution in [3.63, 3.8) is 0 Å². The number of ether oxygens (including phenoxy) is 1. The number of carbonyl (C=O) groups excluding carboxylic acids is 1. The Balaban J connectivity index is 1.26. The fraction of sp³-hybridized carbons (Fsp3) is 0.417. The fourth-order valence-corrected chi connectivity index (χ4v) is 4.33. The number of carbonyl (C=O) groups is 1. The van der Waals surface area contributed by atoms with E-state index in [1.807, 2.05) is 47.4 Å². The number of nitrogens with zero attached hydrogens (tertiary/aromatic N) is 3. The highest BCUT2D eigenvalue weighted by molar-refractivity contribution is 5.97. The second kappa shape index (κ2) is 9.73. The number of amides is 1. The highest BCUT2D eigenvalue weighted by Crippen LogP contribution is 2.26. The number of para-hydroxylation sites is 1. The lowest BCUT2D eigenvalue weighted by molar-refractivity contribution is -0.117. The second-order valence-corrected chi connectivity index (χ2v) is 8.14. The second-order valence-electron chi connectivity index (χ2n) is 8.14. The van der Waals surface area contributed by atoms with Crippen molar-refractivity contribution in [2.45, 2.75) is 18.9 Å². The Morgan fingerprint density at radius 1 is 1.13 bits per heavy atom. The molecule has 2 fully saturated rings. The number of aliphatic imine (C=N–C) groups is 1.